The summed E-state index contributed by atoms with van der Waals surface area (Å²) in [5.74, 6) is 0.564. The first-order valence-corrected chi connectivity index (χ1v) is 5.70. The standard InChI is InChI=1S/C11H20N2O/c1-13(10-4-2-3-5-10)11(14)8-6-9(12)7-8/h8-10H,2-7,12H2,1H3. The molecule has 2 N–H and O–H groups in total. The van der Waals surface area contributed by atoms with E-state index in [2.05, 4.69) is 0 Å². The molecule has 0 saturated heterocycles. The van der Waals surface area contributed by atoms with Gasteiger partial charge in [-0.15, -0.1) is 0 Å². The average molecular weight is 196 g/mol. The Hall–Kier alpha value is -0.570. The molecule has 0 atom stereocenters. The number of carbonyl (C=O) groups is 1. The maximum atomic E-state index is 11.9. The largest absolute Gasteiger partial charge is 0.343 e. The Morgan fingerprint density at radius 3 is 2.36 bits per heavy atom. The van der Waals surface area contributed by atoms with Crippen LogP contribution in [0.4, 0.5) is 0 Å². The fraction of sp³-hybridized carbons (Fsp3) is 0.909. The number of nitrogens with zero attached hydrogens (tertiary/aromatic N) is 1. The highest BCUT2D eigenvalue weighted by Gasteiger charge is 2.36. The molecule has 3 heteroatoms. The second-order valence-electron chi connectivity index (χ2n) is 4.82. The highest BCUT2D eigenvalue weighted by molar-refractivity contribution is 5.80. The quantitative estimate of drug-likeness (QED) is 0.719. The molecule has 2 aliphatic rings. The van der Waals surface area contributed by atoms with Gasteiger partial charge in [-0.05, 0) is 25.7 Å². The summed E-state index contributed by atoms with van der Waals surface area (Å²) in [6, 6.07) is 0.792. The van der Waals surface area contributed by atoms with Crippen LogP contribution < -0.4 is 5.73 Å². The van der Waals surface area contributed by atoms with Crippen LogP contribution in [0, 0.1) is 5.92 Å². The zero-order chi connectivity index (χ0) is 10.1. The second-order valence-corrected chi connectivity index (χ2v) is 4.82. The van der Waals surface area contributed by atoms with Crippen molar-refractivity contribution in [1.29, 1.82) is 0 Å². The van der Waals surface area contributed by atoms with Gasteiger partial charge in [-0.3, -0.25) is 4.79 Å². The third kappa shape index (κ3) is 1.78. The fourth-order valence-electron chi connectivity index (χ4n) is 2.62. The smallest absolute Gasteiger partial charge is 0.225 e. The van der Waals surface area contributed by atoms with Crippen molar-refractivity contribution in [3.63, 3.8) is 0 Å². The van der Waals surface area contributed by atoms with Crippen LogP contribution in [0.25, 0.3) is 0 Å². The predicted octanol–water partition coefficient (Wildman–Crippen LogP) is 1.12. The van der Waals surface area contributed by atoms with E-state index in [4.69, 9.17) is 5.73 Å². The molecule has 0 spiro atoms. The van der Waals surface area contributed by atoms with Gasteiger partial charge in [0.15, 0.2) is 0 Å². The Morgan fingerprint density at radius 2 is 1.86 bits per heavy atom. The molecule has 0 aromatic carbocycles. The van der Waals surface area contributed by atoms with Crippen LogP contribution in [0.5, 0.6) is 0 Å². The topological polar surface area (TPSA) is 46.3 Å². The molecular weight excluding hydrogens is 176 g/mol. The molecule has 0 aliphatic heterocycles. The number of amides is 1. The van der Waals surface area contributed by atoms with Crippen molar-refractivity contribution in [3.05, 3.63) is 0 Å². The summed E-state index contributed by atoms with van der Waals surface area (Å²) >= 11 is 0. The first kappa shape index (κ1) is 9.97. The molecule has 2 saturated carbocycles. The normalized spacial score (nSPS) is 32.7. The molecule has 3 nitrogen and oxygen atoms in total. The van der Waals surface area contributed by atoms with Crippen LogP contribution in [-0.4, -0.2) is 29.9 Å². The Balaban J connectivity index is 1.84. The lowest BCUT2D eigenvalue weighted by molar-refractivity contribution is -0.139. The Labute approximate surface area is 85.6 Å². The van der Waals surface area contributed by atoms with Crippen LogP contribution in [0.2, 0.25) is 0 Å². The Morgan fingerprint density at radius 1 is 1.29 bits per heavy atom. The zero-order valence-electron chi connectivity index (χ0n) is 8.91. The molecule has 0 unspecified atom stereocenters. The minimum Gasteiger partial charge on any atom is -0.343 e. The molecule has 0 aromatic rings. The third-order valence-corrected chi connectivity index (χ3v) is 3.74. The van der Waals surface area contributed by atoms with E-state index in [0.29, 0.717) is 11.9 Å². The van der Waals surface area contributed by atoms with Gasteiger partial charge in [-0.25, -0.2) is 0 Å². The lowest BCUT2D eigenvalue weighted by Crippen LogP contribution is -2.48. The summed E-state index contributed by atoms with van der Waals surface area (Å²) in [4.78, 5) is 13.9. The first-order chi connectivity index (χ1) is 6.68. The summed E-state index contributed by atoms with van der Waals surface area (Å²) in [5.41, 5.74) is 5.69. The maximum Gasteiger partial charge on any atom is 0.225 e. The highest BCUT2D eigenvalue weighted by atomic mass is 16.2. The van der Waals surface area contributed by atoms with E-state index in [0.717, 1.165) is 12.8 Å². The third-order valence-electron chi connectivity index (χ3n) is 3.74. The van der Waals surface area contributed by atoms with E-state index >= 15 is 0 Å². The molecule has 2 fully saturated rings. The highest BCUT2D eigenvalue weighted by Crippen LogP contribution is 2.30. The molecule has 0 heterocycles. The molecule has 0 bridgehead atoms. The van der Waals surface area contributed by atoms with E-state index in [1.165, 1.54) is 25.7 Å². The Bertz CT molecular complexity index is 217. The molecule has 14 heavy (non-hydrogen) atoms. The van der Waals surface area contributed by atoms with Gasteiger partial charge in [0.05, 0.1) is 0 Å². The molecule has 2 aliphatic carbocycles. The number of rotatable bonds is 2. The molecule has 2 rings (SSSR count). The molecule has 80 valence electrons. The summed E-state index contributed by atoms with van der Waals surface area (Å²) in [6.07, 6.45) is 6.76. The van der Waals surface area contributed by atoms with E-state index in [-0.39, 0.29) is 12.0 Å². The Kier molecular flexibility index (Phi) is 2.77. The van der Waals surface area contributed by atoms with Gasteiger partial charge in [-0.1, -0.05) is 12.8 Å². The van der Waals surface area contributed by atoms with E-state index in [9.17, 15) is 4.79 Å². The van der Waals surface area contributed by atoms with Gasteiger partial charge in [-0.2, -0.15) is 0 Å². The minimum atomic E-state index is 0.232. The first-order valence-electron chi connectivity index (χ1n) is 5.70. The number of hydrogen-bond donors (Lipinski definition) is 1. The predicted molar refractivity (Wildman–Crippen MR) is 55.7 cm³/mol. The van der Waals surface area contributed by atoms with Crippen molar-refractivity contribution in [3.8, 4) is 0 Å². The minimum absolute atomic E-state index is 0.232. The fourth-order valence-corrected chi connectivity index (χ4v) is 2.62. The average Bonchev–Trinajstić information content (AvgIpc) is 2.63. The number of hydrogen-bond acceptors (Lipinski definition) is 2. The van der Waals surface area contributed by atoms with E-state index in [1.807, 2.05) is 11.9 Å². The summed E-state index contributed by atoms with van der Waals surface area (Å²) < 4.78 is 0. The van der Waals surface area contributed by atoms with Gasteiger partial charge < -0.3 is 10.6 Å². The van der Waals surface area contributed by atoms with Crippen molar-refractivity contribution < 1.29 is 4.79 Å². The molecular formula is C11H20N2O. The number of nitrogens with two attached hydrogens (primary N) is 1. The van der Waals surface area contributed by atoms with Crippen LogP contribution in [0.3, 0.4) is 0 Å². The summed E-state index contributed by atoms with van der Waals surface area (Å²) in [6.45, 7) is 0. The summed E-state index contributed by atoms with van der Waals surface area (Å²) in [7, 11) is 1.96. The molecule has 0 aromatic heterocycles. The van der Waals surface area contributed by atoms with E-state index in [1.54, 1.807) is 0 Å². The van der Waals surface area contributed by atoms with Gasteiger partial charge in [0.1, 0.15) is 0 Å². The zero-order valence-corrected chi connectivity index (χ0v) is 8.91. The van der Waals surface area contributed by atoms with Gasteiger partial charge in [0, 0.05) is 25.0 Å². The second kappa shape index (κ2) is 3.89. The van der Waals surface area contributed by atoms with Gasteiger partial charge in [0.25, 0.3) is 0 Å². The van der Waals surface area contributed by atoms with Crippen LogP contribution in [-0.2, 0) is 4.79 Å². The monoisotopic (exact) mass is 196 g/mol. The van der Waals surface area contributed by atoms with Crippen molar-refractivity contribution in [2.24, 2.45) is 11.7 Å². The maximum absolute atomic E-state index is 11.9. The summed E-state index contributed by atoms with van der Waals surface area (Å²) in [5, 5.41) is 0. The van der Waals surface area contributed by atoms with Crippen molar-refractivity contribution in [1.82, 2.24) is 4.90 Å². The van der Waals surface area contributed by atoms with Crippen molar-refractivity contribution in [2.75, 3.05) is 7.05 Å². The lowest BCUT2D eigenvalue weighted by atomic mass is 9.80. The lowest BCUT2D eigenvalue weighted by Gasteiger charge is -2.36. The van der Waals surface area contributed by atoms with Gasteiger partial charge >= 0.3 is 0 Å². The molecule has 0 radical (unpaired) electrons. The SMILES string of the molecule is CN(C(=O)C1CC(N)C1)C1CCCC1. The van der Waals surface area contributed by atoms with E-state index < -0.39 is 0 Å². The molecule has 1 amide bonds. The van der Waals surface area contributed by atoms with Gasteiger partial charge in [0.2, 0.25) is 5.91 Å². The van der Waals surface area contributed by atoms with Crippen LogP contribution in [0.15, 0.2) is 0 Å². The van der Waals surface area contributed by atoms with Crippen molar-refractivity contribution in [2.45, 2.75) is 50.6 Å². The van der Waals surface area contributed by atoms with Crippen molar-refractivity contribution >= 4 is 5.91 Å². The van der Waals surface area contributed by atoms with Crippen LogP contribution >= 0.6 is 0 Å². The number of carbonyl (C=O) groups excluding carboxylic acids is 1. The van der Waals surface area contributed by atoms with Crippen LogP contribution in [0.1, 0.15) is 38.5 Å².